The van der Waals surface area contributed by atoms with Crippen LogP contribution in [0.25, 0.3) is 0 Å². The molecule has 102 valence electrons. The predicted molar refractivity (Wildman–Crippen MR) is 60.5 cm³/mol. The molecule has 0 aliphatic heterocycles. The zero-order valence-electron chi connectivity index (χ0n) is 10.0. The fraction of sp³-hybridized carbons (Fsp3) is 0.400. The molecule has 0 aliphatic rings. The molecule has 2 N–H and O–H groups in total. The molecule has 2 heterocycles. The van der Waals surface area contributed by atoms with Gasteiger partial charge in [-0.2, -0.15) is 5.21 Å². The summed E-state index contributed by atoms with van der Waals surface area (Å²) in [6.45, 7) is 1.15. The van der Waals surface area contributed by atoms with E-state index in [1.165, 1.54) is 22.9 Å². The highest BCUT2D eigenvalue weighted by molar-refractivity contribution is 5.92. The van der Waals surface area contributed by atoms with Crippen LogP contribution in [0.3, 0.4) is 0 Å². The van der Waals surface area contributed by atoms with Crippen molar-refractivity contribution in [2.24, 2.45) is 0 Å². The minimum Gasteiger partial charge on any atom is -0.341 e. The zero-order valence-corrected chi connectivity index (χ0v) is 10.0. The lowest BCUT2D eigenvalue weighted by Crippen LogP contribution is -2.29. The Balaban J connectivity index is 2.06. The zero-order chi connectivity index (χ0) is 13.8. The van der Waals surface area contributed by atoms with Crippen LogP contribution < -0.4 is 5.32 Å². The van der Waals surface area contributed by atoms with E-state index in [1.807, 2.05) is 0 Å². The van der Waals surface area contributed by atoms with Crippen molar-refractivity contribution in [1.82, 2.24) is 30.5 Å². The number of carbonyl (C=O) groups is 1. The monoisotopic (exact) mass is 270 g/mol. The second-order valence-electron chi connectivity index (χ2n) is 3.90. The minimum atomic E-state index is -2.52. The molecule has 0 bridgehead atoms. The van der Waals surface area contributed by atoms with Crippen LogP contribution >= 0.6 is 0 Å². The summed E-state index contributed by atoms with van der Waals surface area (Å²) in [7, 11) is 0. The first kappa shape index (κ1) is 13.1. The van der Waals surface area contributed by atoms with Crippen LogP contribution in [0.1, 0.15) is 29.3 Å². The van der Waals surface area contributed by atoms with Crippen LogP contribution in [0.5, 0.6) is 0 Å². The van der Waals surface area contributed by atoms with Crippen molar-refractivity contribution in [3.8, 4) is 0 Å². The summed E-state index contributed by atoms with van der Waals surface area (Å²) >= 11 is 0. The number of rotatable bonds is 5. The highest BCUT2D eigenvalue weighted by Gasteiger charge is 2.18. The fourth-order valence-electron chi connectivity index (χ4n) is 1.62. The maximum absolute atomic E-state index is 12.3. The van der Waals surface area contributed by atoms with Gasteiger partial charge in [-0.05, 0) is 19.1 Å². The van der Waals surface area contributed by atoms with Crippen LogP contribution in [0.4, 0.5) is 8.78 Å². The van der Waals surface area contributed by atoms with Gasteiger partial charge in [-0.25, -0.2) is 8.78 Å². The number of tetrazole rings is 1. The first-order chi connectivity index (χ1) is 9.08. The second-order valence-corrected chi connectivity index (χ2v) is 3.90. The highest BCUT2D eigenvalue weighted by atomic mass is 19.3. The molecule has 2 rings (SSSR count). The maximum atomic E-state index is 12.3. The molecule has 0 fully saturated rings. The Kier molecular flexibility index (Phi) is 3.83. The van der Waals surface area contributed by atoms with E-state index in [2.05, 4.69) is 25.9 Å². The molecule has 7 nitrogen and oxygen atoms in total. The average Bonchev–Trinajstić information content (AvgIpc) is 2.97. The lowest BCUT2D eigenvalue weighted by molar-refractivity contribution is 0.0915. The molecule has 2 aromatic rings. The summed E-state index contributed by atoms with van der Waals surface area (Å²) in [4.78, 5) is 12.0. The van der Waals surface area contributed by atoms with Gasteiger partial charge >= 0.3 is 0 Å². The summed E-state index contributed by atoms with van der Waals surface area (Å²) in [5.41, 5.74) is 0.163. The molecule has 0 saturated heterocycles. The Hall–Kier alpha value is -2.32. The van der Waals surface area contributed by atoms with E-state index < -0.39 is 24.9 Å². The van der Waals surface area contributed by atoms with E-state index in [0.29, 0.717) is 5.82 Å². The third-order valence-electron chi connectivity index (χ3n) is 2.49. The fourth-order valence-corrected chi connectivity index (χ4v) is 1.62. The standard InChI is InChI=1S/C10H12F2N6O/c1-6(9-14-16-17-15-9)13-10(19)7-3-2-4-18(7)5-8(11)12/h2-4,6,8H,5H2,1H3,(H,13,19)(H,14,15,16,17). The van der Waals surface area contributed by atoms with Gasteiger partial charge in [0.05, 0.1) is 12.6 Å². The third kappa shape index (κ3) is 3.12. The molecule has 0 spiro atoms. The minimum absolute atomic E-state index is 0.163. The SMILES string of the molecule is CC(NC(=O)c1cccn1CC(F)F)c1nn[nH]n1. The van der Waals surface area contributed by atoms with Gasteiger partial charge in [-0.1, -0.05) is 5.21 Å². The van der Waals surface area contributed by atoms with E-state index in [0.717, 1.165) is 0 Å². The van der Waals surface area contributed by atoms with Gasteiger partial charge in [0.2, 0.25) is 0 Å². The van der Waals surface area contributed by atoms with Gasteiger partial charge in [0, 0.05) is 6.20 Å². The van der Waals surface area contributed by atoms with Crippen LogP contribution in [-0.4, -0.2) is 37.5 Å². The van der Waals surface area contributed by atoms with Crippen LogP contribution in [0, 0.1) is 0 Å². The van der Waals surface area contributed by atoms with Gasteiger partial charge in [-0.3, -0.25) is 4.79 Å². The third-order valence-corrected chi connectivity index (χ3v) is 2.49. The first-order valence-corrected chi connectivity index (χ1v) is 5.55. The van der Waals surface area contributed by atoms with Crippen molar-refractivity contribution in [2.75, 3.05) is 0 Å². The number of aromatic nitrogens is 5. The topological polar surface area (TPSA) is 88.5 Å². The smallest absolute Gasteiger partial charge is 0.268 e. The molecule has 9 heteroatoms. The van der Waals surface area contributed by atoms with Crippen LogP contribution in [0.15, 0.2) is 18.3 Å². The van der Waals surface area contributed by atoms with E-state index in [1.54, 1.807) is 6.92 Å². The largest absolute Gasteiger partial charge is 0.341 e. The molecule has 1 atom stereocenters. The molecule has 19 heavy (non-hydrogen) atoms. The van der Waals surface area contributed by atoms with Gasteiger partial charge in [0.15, 0.2) is 5.82 Å². The number of aromatic amines is 1. The maximum Gasteiger partial charge on any atom is 0.268 e. The van der Waals surface area contributed by atoms with Crippen LogP contribution in [-0.2, 0) is 6.54 Å². The van der Waals surface area contributed by atoms with Crippen molar-refractivity contribution in [2.45, 2.75) is 25.9 Å². The summed E-state index contributed by atoms with van der Waals surface area (Å²) in [5, 5.41) is 15.7. The number of carbonyl (C=O) groups excluding carboxylic acids is 1. The van der Waals surface area contributed by atoms with E-state index >= 15 is 0 Å². The van der Waals surface area contributed by atoms with E-state index in [4.69, 9.17) is 0 Å². The summed E-state index contributed by atoms with van der Waals surface area (Å²) in [6, 6.07) is 2.54. The number of hydrogen-bond donors (Lipinski definition) is 2. The predicted octanol–water partition coefficient (Wildman–Crippen LogP) is 0.757. The summed E-state index contributed by atoms with van der Waals surface area (Å²) < 4.78 is 25.9. The van der Waals surface area contributed by atoms with Gasteiger partial charge in [-0.15, -0.1) is 10.2 Å². The van der Waals surface area contributed by atoms with Gasteiger partial charge in [0.25, 0.3) is 12.3 Å². The normalized spacial score (nSPS) is 12.6. The number of H-pyrrole nitrogens is 1. The molecule has 2 aromatic heterocycles. The Bertz CT molecular complexity index is 538. The highest BCUT2D eigenvalue weighted by Crippen LogP contribution is 2.09. The molecular formula is C10H12F2N6O. The summed E-state index contributed by atoms with van der Waals surface area (Å²) in [5.74, 6) is -0.150. The van der Waals surface area contributed by atoms with E-state index in [9.17, 15) is 13.6 Å². The lowest BCUT2D eigenvalue weighted by atomic mass is 10.3. The van der Waals surface area contributed by atoms with E-state index in [-0.39, 0.29) is 5.69 Å². The van der Waals surface area contributed by atoms with Gasteiger partial charge < -0.3 is 9.88 Å². The number of alkyl halides is 2. The molecule has 0 aromatic carbocycles. The molecular weight excluding hydrogens is 258 g/mol. The van der Waals surface area contributed by atoms with Crippen molar-refractivity contribution in [3.05, 3.63) is 29.8 Å². The number of nitrogens with zero attached hydrogens (tertiary/aromatic N) is 4. The van der Waals surface area contributed by atoms with Crippen molar-refractivity contribution in [3.63, 3.8) is 0 Å². The number of hydrogen-bond acceptors (Lipinski definition) is 4. The first-order valence-electron chi connectivity index (χ1n) is 5.55. The number of amides is 1. The lowest BCUT2D eigenvalue weighted by Gasteiger charge is -2.12. The van der Waals surface area contributed by atoms with Crippen molar-refractivity contribution < 1.29 is 13.6 Å². The molecule has 0 saturated carbocycles. The quantitative estimate of drug-likeness (QED) is 0.839. The van der Waals surface area contributed by atoms with Gasteiger partial charge in [0.1, 0.15) is 5.69 Å². The molecule has 1 unspecified atom stereocenters. The number of halogens is 2. The van der Waals surface area contributed by atoms with Crippen molar-refractivity contribution >= 4 is 5.91 Å². The Morgan fingerprint density at radius 3 is 3.00 bits per heavy atom. The molecule has 0 aliphatic carbocycles. The number of nitrogens with one attached hydrogen (secondary N) is 2. The molecule has 1 amide bonds. The second kappa shape index (κ2) is 5.55. The van der Waals surface area contributed by atoms with Crippen molar-refractivity contribution in [1.29, 1.82) is 0 Å². The Labute approximate surface area is 107 Å². The average molecular weight is 270 g/mol. The summed E-state index contributed by atoms with van der Waals surface area (Å²) in [6.07, 6.45) is -1.09. The Morgan fingerprint density at radius 2 is 2.37 bits per heavy atom. The van der Waals surface area contributed by atoms with Crippen LogP contribution in [0.2, 0.25) is 0 Å². The Morgan fingerprint density at radius 1 is 1.58 bits per heavy atom. The molecule has 0 radical (unpaired) electrons.